The highest BCUT2D eigenvalue weighted by molar-refractivity contribution is 6.35. The van der Waals surface area contributed by atoms with Gasteiger partial charge in [-0.25, -0.2) is 4.79 Å². The lowest BCUT2D eigenvalue weighted by Gasteiger charge is -2.02. The number of carbonyl (C=O) groups excluding carboxylic acids is 1. The third kappa shape index (κ3) is 4.85. The van der Waals surface area contributed by atoms with E-state index >= 15 is 0 Å². The third-order valence-corrected chi connectivity index (χ3v) is 1.40. The van der Waals surface area contributed by atoms with Crippen LogP contribution in [0.5, 0.6) is 0 Å². The summed E-state index contributed by atoms with van der Waals surface area (Å²) in [6.07, 6.45) is 2.10. The Kier molecular flexibility index (Phi) is 6.28. The van der Waals surface area contributed by atoms with Crippen molar-refractivity contribution >= 4 is 11.7 Å². The molecule has 0 radical (unpaired) electrons. The van der Waals surface area contributed by atoms with E-state index in [2.05, 4.69) is 4.74 Å². The SMILES string of the molecule is CCOC(=O)C(=N)CCCCN. The number of carbonyl (C=O) groups is 1. The molecule has 0 aliphatic rings. The van der Waals surface area contributed by atoms with Gasteiger partial charge < -0.3 is 10.5 Å². The van der Waals surface area contributed by atoms with Gasteiger partial charge in [0.15, 0.2) is 0 Å². The molecule has 0 atom stereocenters. The molecule has 0 aromatic rings. The Balaban J connectivity index is 3.50. The molecule has 4 heteroatoms. The molecular weight excluding hydrogens is 156 g/mol. The second-order valence-electron chi connectivity index (χ2n) is 2.44. The first kappa shape index (κ1) is 11.1. The molecule has 0 spiro atoms. The molecule has 0 aliphatic carbocycles. The third-order valence-electron chi connectivity index (χ3n) is 1.40. The Labute approximate surface area is 72.6 Å². The maximum atomic E-state index is 10.9. The highest BCUT2D eigenvalue weighted by Gasteiger charge is 2.08. The molecule has 4 nitrogen and oxygen atoms in total. The topological polar surface area (TPSA) is 76.2 Å². The van der Waals surface area contributed by atoms with Gasteiger partial charge in [-0.05, 0) is 32.7 Å². The summed E-state index contributed by atoms with van der Waals surface area (Å²) in [6, 6.07) is 0. The predicted octanol–water partition coefficient (Wildman–Crippen LogP) is 0.698. The highest BCUT2D eigenvalue weighted by atomic mass is 16.5. The average molecular weight is 172 g/mol. The monoisotopic (exact) mass is 172 g/mol. The summed E-state index contributed by atoms with van der Waals surface area (Å²) in [5, 5.41) is 7.26. The van der Waals surface area contributed by atoms with Gasteiger partial charge in [-0.3, -0.25) is 5.41 Å². The lowest BCUT2D eigenvalue weighted by atomic mass is 10.2. The maximum Gasteiger partial charge on any atom is 0.351 e. The quantitative estimate of drug-likeness (QED) is 0.352. The van der Waals surface area contributed by atoms with Gasteiger partial charge in [0.1, 0.15) is 5.71 Å². The van der Waals surface area contributed by atoms with E-state index in [0.717, 1.165) is 12.8 Å². The van der Waals surface area contributed by atoms with E-state index in [4.69, 9.17) is 11.1 Å². The standard InChI is InChI=1S/C8H16N2O2/c1-2-12-8(11)7(10)5-3-4-6-9/h10H,2-6,9H2,1H3. The van der Waals surface area contributed by atoms with Crippen molar-refractivity contribution in [1.82, 2.24) is 0 Å². The van der Waals surface area contributed by atoms with Crippen LogP contribution in [0, 0.1) is 5.41 Å². The fraction of sp³-hybridized carbons (Fsp3) is 0.750. The number of nitrogens with one attached hydrogen (secondary N) is 1. The van der Waals surface area contributed by atoms with E-state index in [9.17, 15) is 4.79 Å². The van der Waals surface area contributed by atoms with E-state index in [1.165, 1.54) is 0 Å². The predicted molar refractivity (Wildman–Crippen MR) is 47.3 cm³/mol. The van der Waals surface area contributed by atoms with Crippen LogP contribution in [-0.4, -0.2) is 24.8 Å². The van der Waals surface area contributed by atoms with Crippen molar-refractivity contribution in [1.29, 1.82) is 5.41 Å². The van der Waals surface area contributed by atoms with Crippen LogP contribution in [-0.2, 0) is 9.53 Å². The number of rotatable bonds is 6. The van der Waals surface area contributed by atoms with Gasteiger partial charge in [0.05, 0.1) is 6.61 Å². The first-order valence-corrected chi connectivity index (χ1v) is 4.17. The summed E-state index contributed by atoms with van der Waals surface area (Å²) < 4.78 is 4.64. The molecule has 0 rings (SSSR count). The molecule has 0 aliphatic heterocycles. The Morgan fingerprint density at radius 1 is 1.50 bits per heavy atom. The molecule has 0 bridgehead atoms. The summed E-state index contributed by atoms with van der Waals surface area (Å²) in [5.41, 5.74) is 5.31. The number of esters is 1. The first-order chi connectivity index (χ1) is 5.72. The minimum Gasteiger partial charge on any atom is -0.462 e. The summed E-state index contributed by atoms with van der Waals surface area (Å²) in [6.45, 7) is 2.67. The second kappa shape index (κ2) is 6.79. The number of ether oxygens (including phenoxy) is 1. The molecule has 0 heterocycles. The van der Waals surface area contributed by atoms with Gasteiger partial charge in [-0.1, -0.05) is 0 Å². The molecule has 0 unspecified atom stereocenters. The molecule has 0 amide bonds. The van der Waals surface area contributed by atoms with Gasteiger partial charge in [-0.15, -0.1) is 0 Å². The summed E-state index contributed by atoms with van der Waals surface area (Å²) in [5.74, 6) is -0.505. The number of hydrogen-bond acceptors (Lipinski definition) is 4. The van der Waals surface area contributed by atoms with E-state index in [0.29, 0.717) is 19.6 Å². The molecule has 12 heavy (non-hydrogen) atoms. The van der Waals surface area contributed by atoms with Gasteiger partial charge in [0, 0.05) is 0 Å². The molecular formula is C8H16N2O2. The highest BCUT2D eigenvalue weighted by Crippen LogP contribution is 1.96. The fourth-order valence-corrected chi connectivity index (χ4v) is 0.766. The smallest absolute Gasteiger partial charge is 0.351 e. The van der Waals surface area contributed by atoms with Crippen molar-refractivity contribution in [3.05, 3.63) is 0 Å². The zero-order valence-electron chi connectivity index (χ0n) is 7.43. The minimum absolute atomic E-state index is 0.0466. The van der Waals surface area contributed by atoms with Crippen molar-refractivity contribution in [3.8, 4) is 0 Å². The summed E-state index contributed by atoms with van der Waals surface area (Å²) in [7, 11) is 0. The van der Waals surface area contributed by atoms with E-state index < -0.39 is 5.97 Å². The van der Waals surface area contributed by atoms with Gasteiger partial charge in [0.25, 0.3) is 0 Å². The molecule has 0 fully saturated rings. The zero-order valence-corrected chi connectivity index (χ0v) is 7.43. The molecule has 3 N–H and O–H groups in total. The Morgan fingerprint density at radius 2 is 2.17 bits per heavy atom. The minimum atomic E-state index is -0.505. The van der Waals surface area contributed by atoms with Gasteiger partial charge >= 0.3 is 5.97 Å². The Hall–Kier alpha value is -0.900. The number of unbranched alkanes of at least 4 members (excludes halogenated alkanes) is 1. The van der Waals surface area contributed by atoms with Crippen LogP contribution in [0.2, 0.25) is 0 Å². The Bertz CT molecular complexity index is 157. The van der Waals surface area contributed by atoms with E-state index in [1.807, 2.05) is 0 Å². The van der Waals surface area contributed by atoms with Crippen molar-refractivity contribution in [3.63, 3.8) is 0 Å². The van der Waals surface area contributed by atoms with Crippen LogP contribution >= 0.6 is 0 Å². The lowest BCUT2D eigenvalue weighted by Crippen LogP contribution is -2.16. The zero-order chi connectivity index (χ0) is 9.40. The van der Waals surface area contributed by atoms with Crippen LogP contribution in [0.3, 0.4) is 0 Å². The van der Waals surface area contributed by atoms with Crippen LogP contribution in [0.25, 0.3) is 0 Å². The van der Waals surface area contributed by atoms with Crippen molar-refractivity contribution in [2.45, 2.75) is 26.2 Å². The molecule has 0 aromatic carbocycles. The lowest BCUT2D eigenvalue weighted by molar-refractivity contribution is -0.135. The number of nitrogens with two attached hydrogens (primary N) is 1. The number of hydrogen-bond donors (Lipinski definition) is 2. The molecule has 0 saturated carbocycles. The van der Waals surface area contributed by atoms with Crippen LogP contribution in [0.1, 0.15) is 26.2 Å². The van der Waals surface area contributed by atoms with E-state index in [-0.39, 0.29) is 5.71 Å². The first-order valence-electron chi connectivity index (χ1n) is 4.17. The molecule has 0 saturated heterocycles. The average Bonchev–Trinajstić information content (AvgIpc) is 2.05. The van der Waals surface area contributed by atoms with Crippen LogP contribution in [0.4, 0.5) is 0 Å². The second-order valence-corrected chi connectivity index (χ2v) is 2.44. The molecule has 0 aromatic heterocycles. The fourth-order valence-electron chi connectivity index (χ4n) is 0.766. The molecule has 70 valence electrons. The van der Waals surface area contributed by atoms with Crippen LogP contribution in [0.15, 0.2) is 0 Å². The van der Waals surface area contributed by atoms with E-state index in [1.54, 1.807) is 6.92 Å². The Morgan fingerprint density at radius 3 is 2.67 bits per heavy atom. The van der Waals surface area contributed by atoms with Gasteiger partial charge in [0.2, 0.25) is 0 Å². The normalized spacial score (nSPS) is 9.50. The summed E-state index contributed by atoms with van der Waals surface area (Å²) in [4.78, 5) is 10.9. The van der Waals surface area contributed by atoms with Crippen LogP contribution < -0.4 is 5.73 Å². The van der Waals surface area contributed by atoms with Gasteiger partial charge in [-0.2, -0.15) is 0 Å². The van der Waals surface area contributed by atoms with Crippen molar-refractivity contribution < 1.29 is 9.53 Å². The maximum absolute atomic E-state index is 10.9. The van der Waals surface area contributed by atoms with Crippen molar-refractivity contribution in [2.75, 3.05) is 13.2 Å². The summed E-state index contributed by atoms with van der Waals surface area (Å²) >= 11 is 0. The van der Waals surface area contributed by atoms with Crippen molar-refractivity contribution in [2.24, 2.45) is 5.73 Å². The largest absolute Gasteiger partial charge is 0.462 e.